The number of hydrogen-bond acceptors (Lipinski definition) is 5. The van der Waals surface area contributed by atoms with Gasteiger partial charge in [-0.3, -0.25) is 15.6 Å². The number of aromatic nitrogens is 1. The van der Waals surface area contributed by atoms with E-state index in [2.05, 4.69) is 34.5 Å². The lowest BCUT2D eigenvalue weighted by Gasteiger charge is -2.11. The van der Waals surface area contributed by atoms with Crippen LogP contribution in [0.1, 0.15) is 5.56 Å². The number of amides is 1. The van der Waals surface area contributed by atoms with Crippen LogP contribution in [0.5, 0.6) is 0 Å². The second-order valence-electron chi connectivity index (χ2n) is 6.33. The standard InChI is InChI=1S/C23H19N3OS2/c1-16(17-11-13-19(14-12-17)18-7-3-2-4-8-18)25-26-22(27)15-28-23-24-20-9-5-6-10-21(20)29-23/h2-14,25H,1,15H2,(H,26,27). The molecule has 1 aromatic heterocycles. The van der Waals surface area contributed by atoms with E-state index >= 15 is 0 Å². The zero-order valence-electron chi connectivity index (χ0n) is 15.6. The molecule has 0 fully saturated rings. The summed E-state index contributed by atoms with van der Waals surface area (Å²) in [6.07, 6.45) is 0. The number of hydrogen-bond donors (Lipinski definition) is 2. The van der Waals surface area contributed by atoms with E-state index in [4.69, 9.17) is 0 Å². The molecule has 1 amide bonds. The normalized spacial score (nSPS) is 10.6. The van der Waals surface area contributed by atoms with Gasteiger partial charge in [0.15, 0.2) is 4.34 Å². The summed E-state index contributed by atoms with van der Waals surface area (Å²) in [7, 11) is 0. The van der Waals surface area contributed by atoms with Gasteiger partial charge in [-0.1, -0.05) is 85.1 Å². The molecule has 4 rings (SSSR count). The Morgan fingerprint density at radius 3 is 2.34 bits per heavy atom. The lowest BCUT2D eigenvalue weighted by Crippen LogP contribution is -2.37. The number of benzene rings is 3. The van der Waals surface area contributed by atoms with Gasteiger partial charge in [0.25, 0.3) is 0 Å². The molecular formula is C23H19N3OS2. The van der Waals surface area contributed by atoms with Crippen molar-refractivity contribution >= 4 is 44.9 Å². The first-order chi connectivity index (χ1) is 14.2. The summed E-state index contributed by atoms with van der Waals surface area (Å²) in [6, 6.07) is 26.2. The molecule has 3 aromatic carbocycles. The molecule has 0 unspecified atom stereocenters. The number of para-hydroxylation sites is 1. The van der Waals surface area contributed by atoms with E-state index in [1.165, 1.54) is 11.8 Å². The maximum atomic E-state index is 12.1. The topological polar surface area (TPSA) is 54.0 Å². The smallest absolute Gasteiger partial charge is 0.248 e. The van der Waals surface area contributed by atoms with Crippen LogP contribution in [-0.4, -0.2) is 16.6 Å². The van der Waals surface area contributed by atoms with Crippen LogP contribution >= 0.6 is 23.1 Å². The SMILES string of the molecule is C=C(NNC(=O)CSc1nc2ccccc2s1)c1ccc(-c2ccccc2)cc1. The zero-order chi connectivity index (χ0) is 20.1. The number of thiazole rings is 1. The van der Waals surface area contributed by atoms with Gasteiger partial charge in [0.05, 0.1) is 21.7 Å². The highest BCUT2D eigenvalue weighted by Crippen LogP contribution is 2.29. The fraction of sp³-hybridized carbons (Fsp3) is 0.0435. The summed E-state index contributed by atoms with van der Waals surface area (Å²) in [6.45, 7) is 4.00. The zero-order valence-corrected chi connectivity index (χ0v) is 17.2. The Morgan fingerprint density at radius 2 is 1.59 bits per heavy atom. The summed E-state index contributed by atoms with van der Waals surface area (Å²) in [5.41, 5.74) is 10.4. The molecule has 1 heterocycles. The van der Waals surface area contributed by atoms with Crippen molar-refractivity contribution < 1.29 is 4.79 Å². The van der Waals surface area contributed by atoms with Crippen LogP contribution in [0.15, 0.2) is 89.8 Å². The van der Waals surface area contributed by atoms with Crippen molar-refractivity contribution in [1.82, 2.24) is 15.8 Å². The lowest BCUT2D eigenvalue weighted by atomic mass is 10.0. The summed E-state index contributed by atoms with van der Waals surface area (Å²) in [5, 5.41) is 0. The summed E-state index contributed by atoms with van der Waals surface area (Å²) >= 11 is 3.02. The minimum absolute atomic E-state index is 0.128. The molecule has 0 spiro atoms. The molecule has 6 heteroatoms. The molecule has 0 radical (unpaired) electrons. The van der Waals surface area contributed by atoms with Crippen LogP contribution in [0.25, 0.3) is 27.0 Å². The van der Waals surface area contributed by atoms with Crippen molar-refractivity contribution in [3.63, 3.8) is 0 Å². The van der Waals surface area contributed by atoms with E-state index in [1.807, 2.05) is 66.7 Å². The van der Waals surface area contributed by atoms with Crippen LogP contribution in [0.4, 0.5) is 0 Å². The minimum Gasteiger partial charge on any atom is -0.299 e. The molecule has 0 saturated carbocycles. The van der Waals surface area contributed by atoms with Gasteiger partial charge in [-0.15, -0.1) is 11.3 Å². The van der Waals surface area contributed by atoms with Crippen LogP contribution in [-0.2, 0) is 4.79 Å². The molecule has 29 heavy (non-hydrogen) atoms. The highest BCUT2D eigenvalue weighted by Gasteiger charge is 2.08. The van der Waals surface area contributed by atoms with E-state index in [9.17, 15) is 4.79 Å². The molecule has 2 N–H and O–H groups in total. The number of nitrogens with one attached hydrogen (secondary N) is 2. The summed E-state index contributed by atoms with van der Waals surface area (Å²) < 4.78 is 2.01. The predicted octanol–water partition coefficient (Wildman–Crippen LogP) is 5.35. The van der Waals surface area contributed by atoms with Crippen molar-refractivity contribution in [2.24, 2.45) is 0 Å². The number of fused-ring (bicyclic) bond motifs is 1. The number of thioether (sulfide) groups is 1. The first kappa shape index (κ1) is 19.2. The monoisotopic (exact) mass is 417 g/mol. The predicted molar refractivity (Wildman–Crippen MR) is 123 cm³/mol. The third kappa shape index (κ3) is 4.85. The van der Waals surface area contributed by atoms with Crippen molar-refractivity contribution in [3.05, 3.63) is 91.0 Å². The number of nitrogens with zero attached hydrogens (tertiary/aromatic N) is 1. The Morgan fingerprint density at radius 1 is 0.897 bits per heavy atom. The Bertz CT molecular complexity index is 1100. The molecule has 144 valence electrons. The Balaban J connectivity index is 1.28. The van der Waals surface area contributed by atoms with Crippen molar-refractivity contribution in [2.45, 2.75) is 4.34 Å². The van der Waals surface area contributed by atoms with Crippen LogP contribution in [0.3, 0.4) is 0 Å². The Labute approximate surface area is 177 Å². The Kier molecular flexibility index (Phi) is 5.93. The maximum absolute atomic E-state index is 12.1. The highest BCUT2D eigenvalue weighted by molar-refractivity contribution is 8.01. The molecule has 0 bridgehead atoms. The third-order valence-corrected chi connectivity index (χ3v) is 6.47. The maximum Gasteiger partial charge on any atom is 0.248 e. The first-order valence-electron chi connectivity index (χ1n) is 9.07. The third-order valence-electron chi connectivity index (χ3n) is 4.29. The highest BCUT2D eigenvalue weighted by atomic mass is 32.2. The van der Waals surface area contributed by atoms with E-state index in [-0.39, 0.29) is 11.7 Å². The molecule has 4 aromatic rings. The van der Waals surface area contributed by atoms with E-state index in [0.29, 0.717) is 5.70 Å². The van der Waals surface area contributed by atoms with Gasteiger partial charge in [0.2, 0.25) is 5.91 Å². The number of rotatable bonds is 7. The molecule has 0 aliphatic heterocycles. The van der Waals surface area contributed by atoms with Crippen molar-refractivity contribution in [2.75, 3.05) is 5.75 Å². The van der Waals surface area contributed by atoms with E-state index in [0.717, 1.165) is 31.2 Å². The van der Waals surface area contributed by atoms with Gasteiger partial charge < -0.3 is 0 Å². The van der Waals surface area contributed by atoms with Gasteiger partial charge in [0.1, 0.15) is 0 Å². The largest absolute Gasteiger partial charge is 0.299 e. The second-order valence-corrected chi connectivity index (χ2v) is 8.58. The fourth-order valence-electron chi connectivity index (χ4n) is 2.79. The number of carbonyl (C=O) groups is 1. The van der Waals surface area contributed by atoms with Crippen molar-refractivity contribution in [3.8, 4) is 11.1 Å². The van der Waals surface area contributed by atoms with Gasteiger partial charge in [-0.05, 0) is 28.8 Å². The van der Waals surface area contributed by atoms with Gasteiger partial charge in [-0.2, -0.15) is 0 Å². The Hall–Kier alpha value is -3.09. The van der Waals surface area contributed by atoms with E-state index < -0.39 is 0 Å². The minimum atomic E-state index is -0.128. The second kappa shape index (κ2) is 8.94. The van der Waals surface area contributed by atoms with Gasteiger partial charge in [-0.25, -0.2) is 4.98 Å². The fourth-order valence-corrected chi connectivity index (χ4v) is 4.66. The number of hydrazine groups is 1. The van der Waals surface area contributed by atoms with Crippen LogP contribution in [0, 0.1) is 0 Å². The van der Waals surface area contributed by atoms with Crippen LogP contribution in [0.2, 0.25) is 0 Å². The number of carbonyl (C=O) groups excluding carboxylic acids is 1. The van der Waals surface area contributed by atoms with Gasteiger partial charge in [0, 0.05) is 0 Å². The summed E-state index contributed by atoms with van der Waals surface area (Å²) in [5.74, 6) is 0.156. The molecule has 0 aliphatic rings. The summed E-state index contributed by atoms with van der Waals surface area (Å²) in [4.78, 5) is 16.7. The molecular weight excluding hydrogens is 398 g/mol. The van der Waals surface area contributed by atoms with Crippen LogP contribution < -0.4 is 10.9 Å². The van der Waals surface area contributed by atoms with Gasteiger partial charge >= 0.3 is 0 Å². The molecule has 0 saturated heterocycles. The average molecular weight is 418 g/mol. The molecule has 0 atom stereocenters. The molecule has 0 aliphatic carbocycles. The lowest BCUT2D eigenvalue weighted by molar-refractivity contribution is -0.119. The average Bonchev–Trinajstić information content (AvgIpc) is 3.20. The van der Waals surface area contributed by atoms with E-state index in [1.54, 1.807) is 11.3 Å². The molecule has 4 nitrogen and oxygen atoms in total. The van der Waals surface area contributed by atoms with Crippen molar-refractivity contribution in [1.29, 1.82) is 0 Å². The quantitative estimate of drug-likeness (QED) is 0.314. The first-order valence-corrected chi connectivity index (χ1v) is 10.9.